The van der Waals surface area contributed by atoms with E-state index in [1.807, 2.05) is 0 Å². The molecule has 58 valence electrons. The zero-order valence-electron chi connectivity index (χ0n) is 6.87. The van der Waals surface area contributed by atoms with E-state index in [9.17, 15) is 9.90 Å². The topological polar surface area (TPSA) is 58.6 Å². The molecule has 5 heteroatoms. The third kappa shape index (κ3) is 5.41. The number of carbonyl (C=O) groups is 1. The van der Waals surface area contributed by atoms with Crippen molar-refractivity contribution in [3.63, 3.8) is 0 Å². The van der Waals surface area contributed by atoms with Crippen molar-refractivity contribution in [2.45, 2.75) is 6.29 Å². The average Bonchev–Trinajstić information content (AvgIpc) is 1.91. The standard InChI is InChI=1S/C6H10O4.Na/c1-9-6(10-2)5(8)3-4-7;/h3-4,6-7H,1-2H3;/q;+1/p-1. The fourth-order valence-corrected chi connectivity index (χ4v) is 0.474. The molecule has 0 unspecified atom stereocenters. The molecule has 0 heterocycles. The van der Waals surface area contributed by atoms with Gasteiger partial charge in [0.05, 0.1) is 0 Å². The molecule has 0 aromatic carbocycles. The molecule has 0 aliphatic heterocycles. The summed E-state index contributed by atoms with van der Waals surface area (Å²) < 4.78 is 9.10. The molecule has 0 saturated carbocycles. The summed E-state index contributed by atoms with van der Waals surface area (Å²) in [7, 11) is 2.65. The van der Waals surface area contributed by atoms with Crippen molar-refractivity contribution >= 4 is 5.78 Å². The second kappa shape index (κ2) is 8.23. The van der Waals surface area contributed by atoms with Gasteiger partial charge in [-0.3, -0.25) is 4.79 Å². The zero-order valence-corrected chi connectivity index (χ0v) is 8.87. The molecule has 0 aromatic rings. The van der Waals surface area contributed by atoms with Crippen LogP contribution in [0.4, 0.5) is 0 Å². The van der Waals surface area contributed by atoms with Crippen LogP contribution in [0.3, 0.4) is 0 Å². The first-order chi connectivity index (χ1) is 4.76. The van der Waals surface area contributed by atoms with E-state index >= 15 is 0 Å². The van der Waals surface area contributed by atoms with Crippen LogP contribution >= 0.6 is 0 Å². The summed E-state index contributed by atoms with van der Waals surface area (Å²) in [6.07, 6.45) is 0.301. The third-order valence-electron chi connectivity index (χ3n) is 0.893. The Labute approximate surface area is 87.5 Å². The second-order valence-corrected chi connectivity index (χ2v) is 1.51. The first kappa shape index (κ1) is 13.7. The number of carbonyl (C=O) groups excluding carboxylic acids is 1. The minimum atomic E-state index is -0.954. The smallest absolute Gasteiger partial charge is 0.878 e. The molecule has 0 aromatic heterocycles. The van der Waals surface area contributed by atoms with Crippen molar-refractivity contribution in [3.8, 4) is 0 Å². The van der Waals surface area contributed by atoms with Crippen molar-refractivity contribution in [3.05, 3.63) is 12.3 Å². The molecule has 0 rings (SSSR count). The molecule has 0 N–H and O–H groups in total. The minimum absolute atomic E-state index is 0. The molecule has 0 aliphatic carbocycles. The van der Waals surface area contributed by atoms with E-state index in [0.717, 1.165) is 6.08 Å². The summed E-state index contributed by atoms with van der Waals surface area (Å²) in [5.74, 6) is -0.486. The maximum atomic E-state index is 10.7. The van der Waals surface area contributed by atoms with Crippen molar-refractivity contribution in [1.29, 1.82) is 0 Å². The first-order valence-electron chi connectivity index (χ1n) is 2.64. The van der Waals surface area contributed by atoms with Crippen LogP contribution in [0.2, 0.25) is 0 Å². The molecule has 0 amide bonds. The van der Waals surface area contributed by atoms with Crippen LogP contribution in [-0.4, -0.2) is 26.3 Å². The van der Waals surface area contributed by atoms with Crippen LogP contribution in [0, 0.1) is 0 Å². The van der Waals surface area contributed by atoms with Gasteiger partial charge in [0.15, 0.2) is 0 Å². The Morgan fingerprint density at radius 2 is 1.91 bits per heavy atom. The maximum absolute atomic E-state index is 10.7. The Hall–Kier alpha value is 0.130. The van der Waals surface area contributed by atoms with E-state index in [-0.39, 0.29) is 29.6 Å². The molecule has 0 fully saturated rings. The van der Waals surface area contributed by atoms with Gasteiger partial charge in [-0.1, -0.05) is 0 Å². The Morgan fingerprint density at radius 3 is 2.18 bits per heavy atom. The Kier molecular flexibility index (Phi) is 10.2. The predicted molar refractivity (Wildman–Crippen MR) is 32.0 cm³/mol. The van der Waals surface area contributed by atoms with E-state index in [1.165, 1.54) is 14.2 Å². The van der Waals surface area contributed by atoms with Crippen LogP contribution < -0.4 is 34.7 Å². The summed E-state index contributed by atoms with van der Waals surface area (Å²) in [5.41, 5.74) is 0. The molecule has 0 saturated heterocycles. The van der Waals surface area contributed by atoms with Gasteiger partial charge >= 0.3 is 29.6 Å². The minimum Gasteiger partial charge on any atom is -0.878 e. The average molecular weight is 168 g/mol. The summed E-state index contributed by atoms with van der Waals surface area (Å²) in [6.45, 7) is 0. The number of methoxy groups -OCH3 is 2. The molecule has 11 heavy (non-hydrogen) atoms. The largest absolute Gasteiger partial charge is 1.00 e. The van der Waals surface area contributed by atoms with E-state index < -0.39 is 12.1 Å². The monoisotopic (exact) mass is 168 g/mol. The van der Waals surface area contributed by atoms with Gasteiger partial charge in [-0.25, -0.2) is 0 Å². The van der Waals surface area contributed by atoms with Crippen LogP contribution in [0.15, 0.2) is 12.3 Å². The van der Waals surface area contributed by atoms with Gasteiger partial charge in [-0.15, -0.1) is 6.26 Å². The van der Waals surface area contributed by atoms with Gasteiger partial charge < -0.3 is 14.6 Å². The first-order valence-corrected chi connectivity index (χ1v) is 2.64. The van der Waals surface area contributed by atoms with E-state index in [1.54, 1.807) is 0 Å². The number of ketones is 1. The van der Waals surface area contributed by atoms with Crippen molar-refractivity contribution in [2.75, 3.05) is 14.2 Å². The summed E-state index contributed by atoms with van der Waals surface area (Å²) in [5, 5.41) is 9.76. The second-order valence-electron chi connectivity index (χ2n) is 1.51. The van der Waals surface area contributed by atoms with Gasteiger partial charge in [0.2, 0.25) is 12.1 Å². The van der Waals surface area contributed by atoms with Gasteiger partial charge in [0.25, 0.3) is 0 Å². The van der Waals surface area contributed by atoms with Crippen molar-refractivity contribution < 1.29 is 48.9 Å². The van der Waals surface area contributed by atoms with Crippen LogP contribution in [0.25, 0.3) is 0 Å². The predicted octanol–water partition coefficient (Wildman–Crippen LogP) is -3.95. The Morgan fingerprint density at radius 1 is 1.45 bits per heavy atom. The quantitative estimate of drug-likeness (QED) is 0.186. The molecule has 0 spiro atoms. The van der Waals surface area contributed by atoms with Crippen molar-refractivity contribution in [2.24, 2.45) is 0 Å². The fourth-order valence-electron chi connectivity index (χ4n) is 0.474. The molecule has 0 radical (unpaired) electrons. The van der Waals surface area contributed by atoms with Gasteiger partial charge in [-0.2, -0.15) is 0 Å². The number of rotatable bonds is 4. The SMILES string of the molecule is COC(OC)C(=O)C=C[O-].[Na+]. The van der Waals surface area contributed by atoms with Gasteiger partial charge in [0.1, 0.15) is 0 Å². The molecule has 0 bridgehead atoms. The van der Waals surface area contributed by atoms with Crippen molar-refractivity contribution in [1.82, 2.24) is 0 Å². The molecule has 0 atom stereocenters. The Balaban J connectivity index is 0. The van der Waals surface area contributed by atoms with Crippen LogP contribution in [-0.2, 0) is 14.3 Å². The van der Waals surface area contributed by atoms with Gasteiger partial charge in [0, 0.05) is 14.2 Å². The molecule has 0 aliphatic rings. The van der Waals surface area contributed by atoms with Gasteiger partial charge in [-0.05, 0) is 6.08 Å². The van der Waals surface area contributed by atoms with Crippen LogP contribution in [0.1, 0.15) is 0 Å². The zero-order chi connectivity index (χ0) is 7.98. The number of ether oxygens (including phenoxy) is 2. The Bertz CT molecular complexity index is 131. The number of hydrogen-bond donors (Lipinski definition) is 0. The maximum Gasteiger partial charge on any atom is 1.00 e. The fraction of sp³-hybridized carbons (Fsp3) is 0.500. The third-order valence-corrected chi connectivity index (χ3v) is 0.893. The molecular formula is C6H9NaO4. The summed E-state index contributed by atoms with van der Waals surface area (Å²) >= 11 is 0. The van der Waals surface area contributed by atoms with E-state index in [0.29, 0.717) is 6.26 Å². The summed E-state index contributed by atoms with van der Waals surface area (Å²) in [4.78, 5) is 10.7. The van der Waals surface area contributed by atoms with Crippen LogP contribution in [0.5, 0.6) is 0 Å². The number of hydrogen-bond acceptors (Lipinski definition) is 4. The normalized spacial score (nSPS) is 10.1. The molecule has 4 nitrogen and oxygen atoms in total. The van der Waals surface area contributed by atoms with E-state index in [4.69, 9.17) is 0 Å². The molecular weight excluding hydrogens is 159 g/mol. The van der Waals surface area contributed by atoms with E-state index in [2.05, 4.69) is 9.47 Å². The summed E-state index contributed by atoms with van der Waals surface area (Å²) in [6, 6.07) is 0.